The van der Waals surface area contributed by atoms with Gasteiger partial charge >= 0.3 is 12.0 Å². The molecule has 0 aromatic carbocycles. The minimum atomic E-state index is -0.866. The van der Waals surface area contributed by atoms with Gasteiger partial charge < -0.3 is 15.3 Å². The van der Waals surface area contributed by atoms with Gasteiger partial charge in [0.1, 0.15) is 0 Å². The molecule has 5 nitrogen and oxygen atoms in total. The fraction of sp³-hybridized carbons (Fsp3) is 0.875. The van der Waals surface area contributed by atoms with Crippen LogP contribution in [0.5, 0.6) is 0 Å². The molecule has 0 aromatic heterocycles. The third kappa shape index (κ3) is 6.36. The van der Waals surface area contributed by atoms with E-state index in [1.807, 2.05) is 4.90 Å². The standard InChI is InChI=1S/C16H30N2O3/c1-5-13-8-6-7-9-18(13)15(21)17-12(10-14(19)20)11-16(2,3)4/h12-13H,5-11H2,1-4H3,(H,17,21)(H,19,20). The fourth-order valence-electron chi connectivity index (χ4n) is 3.07. The van der Waals surface area contributed by atoms with E-state index in [0.717, 1.165) is 25.8 Å². The van der Waals surface area contributed by atoms with Crippen LogP contribution in [0.15, 0.2) is 0 Å². The number of hydrogen-bond donors (Lipinski definition) is 2. The summed E-state index contributed by atoms with van der Waals surface area (Å²) >= 11 is 0. The Hall–Kier alpha value is -1.26. The van der Waals surface area contributed by atoms with Gasteiger partial charge in [-0.2, -0.15) is 0 Å². The lowest BCUT2D eigenvalue weighted by molar-refractivity contribution is -0.137. The monoisotopic (exact) mass is 298 g/mol. The van der Waals surface area contributed by atoms with Crippen molar-refractivity contribution >= 4 is 12.0 Å². The Balaban J connectivity index is 2.67. The predicted octanol–water partition coefficient (Wildman–Crippen LogP) is 3.24. The van der Waals surface area contributed by atoms with Crippen LogP contribution in [0.4, 0.5) is 4.79 Å². The molecule has 1 aliphatic rings. The molecule has 0 aromatic rings. The molecule has 1 saturated heterocycles. The van der Waals surface area contributed by atoms with Crippen LogP contribution in [0.2, 0.25) is 0 Å². The molecule has 0 aliphatic carbocycles. The first-order valence-corrected chi connectivity index (χ1v) is 8.02. The molecule has 0 radical (unpaired) electrons. The minimum absolute atomic E-state index is 0.0144. The number of carbonyl (C=O) groups is 2. The number of carbonyl (C=O) groups excluding carboxylic acids is 1. The lowest BCUT2D eigenvalue weighted by Crippen LogP contribution is -2.52. The van der Waals surface area contributed by atoms with E-state index < -0.39 is 5.97 Å². The van der Waals surface area contributed by atoms with Gasteiger partial charge in [0.25, 0.3) is 0 Å². The van der Waals surface area contributed by atoms with E-state index in [9.17, 15) is 9.59 Å². The van der Waals surface area contributed by atoms with Crippen LogP contribution in [-0.2, 0) is 4.79 Å². The summed E-state index contributed by atoms with van der Waals surface area (Å²) in [6.45, 7) is 9.05. The van der Waals surface area contributed by atoms with Gasteiger partial charge in [0.2, 0.25) is 0 Å². The van der Waals surface area contributed by atoms with Gasteiger partial charge in [0.05, 0.1) is 6.42 Å². The maximum Gasteiger partial charge on any atom is 0.317 e. The van der Waals surface area contributed by atoms with Crippen LogP contribution in [0.3, 0.4) is 0 Å². The molecule has 2 amide bonds. The second-order valence-electron chi connectivity index (χ2n) is 7.26. The number of carboxylic acid groups (broad SMARTS) is 1. The summed E-state index contributed by atoms with van der Waals surface area (Å²) < 4.78 is 0. The molecule has 2 N–H and O–H groups in total. The number of nitrogens with zero attached hydrogens (tertiary/aromatic N) is 1. The Morgan fingerprint density at radius 1 is 1.33 bits per heavy atom. The number of amides is 2. The number of likely N-dealkylation sites (tertiary alicyclic amines) is 1. The SMILES string of the molecule is CCC1CCCCN1C(=O)NC(CC(=O)O)CC(C)(C)C. The largest absolute Gasteiger partial charge is 0.481 e. The smallest absolute Gasteiger partial charge is 0.317 e. The topological polar surface area (TPSA) is 69.6 Å². The molecular formula is C16H30N2O3. The second kappa shape index (κ2) is 7.66. The Bertz CT molecular complexity index is 363. The summed E-state index contributed by atoms with van der Waals surface area (Å²) in [4.78, 5) is 25.4. The number of aliphatic carboxylic acids is 1. The van der Waals surface area contributed by atoms with Crippen LogP contribution in [-0.4, -0.2) is 40.6 Å². The van der Waals surface area contributed by atoms with Crippen LogP contribution in [0, 0.1) is 5.41 Å². The van der Waals surface area contributed by atoms with E-state index in [1.165, 1.54) is 6.42 Å². The van der Waals surface area contributed by atoms with Crippen molar-refractivity contribution < 1.29 is 14.7 Å². The number of rotatable bonds is 5. The van der Waals surface area contributed by atoms with E-state index in [1.54, 1.807) is 0 Å². The van der Waals surface area contributed by atoms with Crippen molar-refractivity contribution in [1.29, 1.82) is 0 Å². The molecule has 5 heteroatoms. The van der Waals surface area contributed by atoms with Crippen LogP contribution in [0.25, 0.3) is 0 Å². The number of piperidine rings is 1. The molecule has 21 heavy (non-hydrogen) atoms. The van der Waals surface area contributed by atoms with E-state index >= 15 is 0 Å². The quantitative estimate of drug-likeness (QED) is 0.818. The molecular weight excluding hydrogens is 268 g/mol. The normalized spacial score (nSPS) is 21.0. The summed E-state index contributed by atoms with van der Waals surface area (Å²) in [6.07, 6.45) is 4.85. The van der Waals surface area contributed by atoms with Gasteiger partial charge in [0.15, 0.2) is 0 Å². The van der Waals surface area contributed by atoms with Gasteiger partial charge in [-0.05, 0) is 37.5 Å². The second-order valence-corrected chi connectivity index (χ2v) is 7.26. The zero-order valence-corrected chi connectivity index (χ0v) is 13.8. The Kier molecular flexibility index (Phi) is 6.49. The number of carboxylic acids is 1. The van der Waals surface area contributed by atoms with Gasteiger partial charge in [-0.15, -0.1) is 0 Å². The molecule has 0 spiro atoms. The zero-order valence-electron chi connectivity index (χ0n) is 13.8. The molecule has 2 unspecified atom stereocenters. The summed E-state index contributed by atoms with van der Waals surface area (Å²) in [5.41, 5.74) is -0.0144. The first kappa shape index (κ1) is 17.8. The summed E-state index contributed by atoms with van der Waals surface area (Å²) in [5.74, 6) is -0.866. The number of nitrogens with one attached hydrogen (secondary N) is 1. The maximum absolute atomic E-state index is 12.5. The highest BCUT2D eigenvalue weighted by atomic mass is 16.4. The molecule has 1 heterocycles. The van der Waals surface area contributed by atoms with Crippen molar-refractivity contribution in [2.24, 2.45) is 5.41 Å². The van der Waals surface area contributed by atoms with Crippen molar-refractivity contribution in [2.75, 3.05) is 6.54 Å². The maximum atomic E-state index is 12.5. The number of urea groups is 1. The predicted molar refractivity (Wildman–Crippen MR) is 83.3 cm³/mol. The summed E-state index contributed by atoms with van der Waals surface area (Å²) in [5, 5.41) is 12.0. The highest BCUT2D eigenvalue weighted by Gasteiger charge is 2.29. The molecule has 1 aliphatic heterocycles. The molecule has 1 rings (SSSR count). The Labute approximate surface area is 128 Å². The first-order chi connectivity index (χ1) is 9.73. The highest BCUT2D eigenvalue weighted by Crippen LogP contribution is 2.23. The van der Waals surface area contributed by atoms with Crippen molar-refractivity contribution in [3.8, 4) is 0 Å². The molecule has 0 saturated carbocycles. The Morgan fingerprint density at radius 2 is 2.00 bits per heavy atom. The van der Waals surface area contributed by atoms with Crippen LogP contribution in [0.1, 0.15) is 66.2 Å². The van der Waals surface area contributed by atoms with Gasteiger partial charge in [-0.1, -0.05) is 27.7 Å². The summed E-state index contributed by atoms with van der Waals surface area (Å²) in [6, 6.07) is -0.120. The highest BCUT2D eigenvalue weighted by molar-refractivity contribution is 5.76. The third-order valence-electron chi connectivity index (χ3n) is 3.97. The van der Waals surface area contributed by atoms with Gasteiger partial charge in [-0.25, -0.2) is 4.79 Å². The zero-order chi connectivity index (χ0) is 16.0. The van der Waals surface area contributed by atoms with E-state index in [4.69, 9.17) is 5.11 Å². The summed E-state index contributed by atoms with van der Waals surface area (Å²) in [7, 11) is 0. The van der Waals surface area contributed by atoms with Crippen LogP contribution < -0.4 is 5.32 Å². The van der Waals surface area contributed by atoms with E-state index in [2.05, 4.69) is 33.0 Å². The van der Waals surface area contributed by atoms with Crippen molar-refractivity contribution in [3.05, 3.63) is 0 Å². The lowest BCUT2D eigenvalue weighted by Gasteiger charge is -2.37. The molecule has 2 atom stereocenters. The fourth-order valence-corrected chi connectivity index (χ4v) is 3.07. The molecule has 1 fully saturated rings. The van der Waals surface area contributed by atoms with Crippen molar-refractivity contribution in [2.45, 2.75) is 78.3 Å². The third-order valence-corrected chi connectivity index (χ3v) is 3.97. The van der Waals surface area contributed by atoms with E-state index in [0.29, 0.717) is 12.5 Å². The van der Waals surface area contributed by atoms with Crippen LogP contribution >= 0.6 is 0 Å². The van der Waals surface area contributed by atoms with Gasteiger partial charge in [0, 0.05) is 18.6 Å². The number of hydrogen-bond acceptors (Lipinski definition) is 2. The van der Waals surface area contributed by atoms with Crippen molar-refractivity contribution in [3.63, 3.8) is 0 Å². The molecule has 0 bridgehead atoms. The lowest BCUT2D eigenvalue weighted by atomic mass is 9.87. The Morgan fingerprint density at radius 3 is 2.52 bits per heavy atom. The van der Waals surface area contributed by atoms with E-state index in [-0.39, 0.29) is 23.9 Å². The van der Waals surface area contributed by atoms with Gasteiger partial charge in [-0.3, -0.25) is 4.79 Å². The first-order valence-electron chi connectivity index (χ1n) is 8.02. The average Bonchev–Trinajstić information content (AvgIpc) is 2.35. The average molecular weight is 298 g/mol. The minimum Gasteiger partial charge on any atom is -0.481 e. The molecule has 122 valence electrons. The van der Waals surface area contributed by atoms with Crippen molar-refractivity contribution in [1.82, 2.24) is 10.2 Å².